The van der Waals surface area contributed by atoms with E-state index < -0.39 is 20.7 Å². The number of rotatable bonds is 5. The smallest absolute Gasteiger partial charge is 0.250 e. The molecule has 1 aromatic carbocycles. The largest absolute Gasteiger partial charge is 0.497 e. The van der Waals surface area contributed by atoms with Crippen molar-refractivity contribution in [2.45, 2.75) is 18.9 Å². The third-order valence-electron chi connectivity index (χ3n) is 2.79. The van der Waals surface area contributed by atoms with Gasteiger partial charge in [0.1, 0.15) is 17.6 Å². The lowest BCUT2D eigenvalue weighted by Crippen LogP contribution is -2.26. The highest BCUT2D eigenvalue weighted by Gasteiger charge is 2.29. The Labute approximate surface area is 116 Å². The minimum absolute atomic E-state index is 0.0120. The maximum Gasteiger partial charge on any atom is 0.250 e. The Kier molecular flexibility index (Phi) is 4.06. The molecule has 20 heavy (non-hydrogen) atoms. The summed E-state index contributed by atoms with van der Waals surface area (Å²) in [6.45, 7) is 0. The van der Waals surface area contributed by atoms with Gasteiger partial charge in [0, 0.05) is 11.6 Å². The number of hydrogen-bond acceptors (Lipinski definition) is 4. The summed E-state index contributed by atoms with van der Waals surface area (Å²) in [5, 5.41) is 8.98. The van der Waals surface area contributed by atoms with Crippen LogP contribution in [0.5, 0.6) is 5.75 Å². The number of nitrogens with zero attached hydrogens (tertiary/aromatic N) is 1. The summed E-state index contributed by atoms with van der Waals surface area (Å²) in [6, 6.07) is 5.37. The molecular weight excluding hydrogens is 283 g/mol. The SMILES string of the molecule is COc1ccc(F)c(/C=C(\C#N)S(=O)(=O)NC2CC2)c1. The van der Waals surface area contributed by atoms with Gasteiger partial charge in [-0.3, -0.25) is 0 Å². The lowest BCUT2D eigenvalue weighted by Gasteiger charge is -2.05. The zero-order chi connectivity index (χ0) is 14.8. The predicted molar refractivity (Wildman–Crippen MR) is 71.6 cm³/mol. The van der Waals surface area contributed by atoms with E-state index in [1.165, 1.54) is 19.2 Å². The number of halogens is 1. The zero-order valence-electron chi connectivity index (χ0n) is 10.8. The summed E-state index contributed by atoms with van der Waals surface area (Å²) in [6.07, 6.45) is 2.51. The highest BCUT2D eigenvalue weighted by molar-refractivity contribution is 7.93. The van der Waals surface area contributed by atoms with Crippen LogP contribution in [-0.2, 0) is 10.0 Å². The van der Waals surface area contributed by atoms with Gasteiger partial charge in [-0.1, -0.05) is 0 Å². The summed E-state index contributed by atoms with van der Waals surface area (Å²) in [5.41, 5.74) is -0.0120. The van der Waals surface area contributed by atoms with Gasteiger partial charge in [-0.2, -0.15) is 5.26 Å². The summed E-state index contributed by atoms with van der Waals surface area (Å²) in [4.78, 5) is -0.517. The van der Waals surface area contributed by atoms with Gasteiger partial charge < -0.3 is 4.74 Å². The molecule has 0 amide bonds. The van der Waals surface area contributed by atoms with Gasteiger partial charge in [0.2, 0.25) is 0 Å². The van der Waals surface area contributed by atoms with Crippen molar-refractivity contribution in [2.75, 3.05) is 7.11 Å². The maximum atomic E-state index is 13.6. The summed E-state index contributed by atoms with van der Waals surface area (Å²) < 4.78 is 44.8. The molecule has 0 aromatic heterocycles. The van der Waals surface area contributed by atoms with Crippen molar-refractivity contribution in [2.24, 2.45) is 0 Å². The highest BCUT2D eigenvalue weighted by Crippen LogP contribution is 2.24. The average Bonchev–Trinajstić information content (AvgIpc) is 3.20. The van der Waals surface area contributed by atoms with Gasteiger partial charge in [0.25, 0.3) is 10.0 Å². The molecule has 5 nitrogen and oxygen atoms in total. The Morgan fingerprint density at radius 2 is 2.25 bits per heavy atom. The standard InChI is InChI=1S/C13H13FN2O3S/c1-19-11-4-5-13(14)9(6-11)7-12(8-15)20(17,18)16-10-2-3-10/h4-7,10,16H,2-3H2,1H3/b12-7+. The molecule has 0 spiro atoms. The van der Waals surface area contributed by atoms with Crippen LogP contribution in [0.4, 0.5) is 4.39 Å². The van der Waals surface area contributed by atoms with Crippen LogP contribution in [0.1, 0.15) is 18.4 Å². The van der Waals surface area contributed by atoms with Crippen molar-refractivity contribution in [3.8, 4) is 11.8 Å². The number of methoxy groups -OCH3 is 1. The molecule has 0 radical (unpaired) electrons. The highest BCUT2D eigenvalue weighted by atomic mass is 32.2. The fourth-order valence-corrected chi connectivity index (χ4v) is 2.76. The Hall–Kier alpha value is -1.91. The molecule has 0 saturated heterocycles. The number of benzene rings is 1. The van der Waals surface area contributed by atoms with Gasteiger partial charge in [0.15, 0.2) is 4.91 Å². The van der Waals surface area contributed by atoms with Crippen LogP contribution in [0, 0.1) is 17.1 Å². The molecule has 1 aromatic rings. The van der Waals surface area contributed by atoms with E-state index in [0.29, 0.717) is 5.75 Å². The van der Waals surface area contributed by atoms with Gasteiger partial charge in [-0.05, 0) is 37.1 Å². The van der Waals surface area contributed by atoms with Crippen LogP contribution >= 0.6 is 0 Å². The number of nitriles is 1. The molecule has 0 bridgehead atoms. The van der Waals surface area contributed by atoms with Crippen molar-refractivity contribution < 1.29 is 17.5 Å². The minimum Gasteiger partial charge on any atom is -0.497 e. The van der Waals surface area contributed by atoms with Crippen LogP contribution in [0.2, 0.25) is 0 Å². The first-order valence-electron chi connectivity index (χ1n) is 5.94. The van der Waals surface area contributed by atoms with Crippen LogP contribution in [0.3, 0.4) is 0 Å². The van der Waals surface area contributed by atoms with E-state index in [1.54, 1.807) is 6.07 Å². The van der Waals surface area contributed by atoms with Crippen molar-refractivity contribution in [3.05, 3.63) is 34.5 Å². The van der Waals surface area contributed by atoms with Crippen LogP contribution < -0.4 is 9.46 Å². The molecule has 2 rings (SSSR count). The van der Waals surface area contributed by atoms with Crippen molar-refractivity contribution in [1.29, 1.82) is 5.26 Å². The molecule has 0 heterocycles. The minimum atomic E-state index is -3.90. The average molecular weight is 296 g/mol. The van der Waals surface area contributed by atoms with Crippen molar-refractivity contribution >= 4 is 16.1 Å². The molecule has 106 valence electrons. The Balaban J connectivity index is 2.38. The molecule has 0 unspecified atom stereocenters. The summed E-state index contributed by atoms with van der Waals surface area (Å²) in [5.74, 6) is -0.248. The lowest BCUT2D eigenvalue weighted by atomic mass is 10.2. The van der Waals surface area contributed by atoms with E-state index in [1.807, 2.05) is 0 Å². The van der Waals surface area contributed by atoms with Crippen LogP contribution in [0.25, 0.3) is 6.08 Å². The van der Waals surface area contributed by atoms with E-state index in [9.17, 15) is 12.8 Å². The van der Waals surface area contributed by atoms with Gasteiger partial charge in [0.05, 0.1) is 7.11 Å². The van der Waals surface area contributed by atoms with Gasteiger partial charge in [-0.25, -0.2) is 17.5 Å². The second kappa shape index (κ2) is 5.61. The van der Waals surface area contributed by atoms with Gasteiger partial charge >= 0.3 is 0 Å². The maximum absolute atomic E-state index is 13.6. The molecule has 1 aliphatic rings. The molecular formula is C13H13FN2O3S. The second-order valence-corrected chi connectivity index (χ2v) is 6.09. The number of hydrogen-bond donors (Lipinski definition) is 1. The number of ether oxygens (including phenoxy) is 1. The van der Waals surface area contributed by atoms with E-state index in [-0.39, 0.29) is 11.6 Å². The number of nitrogens with one attached hydrogen (secondary N) is 1. The molecule has 1 fully saturated rings. The molecule has 0 aliphatic heterocycles. The van der Waals surface area contributed by atoms with Crippen molar-refractivity contribution in [1.82, 2.24) is 4.72 Å². The Morgan fingerprint density at radius 3 is 2.80 bits per heavy atom. The third kappa shape index (κ3) is 3.35. The molecule has 1 saturated carbocycles. The van der Waals surface area contributed by atoms with E-state index in [0.717, 1.165) is 25.0 Å². The van der Waals surface area contributed by atoms with Gasteiger partial charge in [-0.15, -0.1) is 0 Å². The van der Waals surface area contributed by atoms with Crippen LogP contribution in [0.15, 0.2) is 23.1 Å². The first-order valence-corrected chi connectivity index (χ1v) is 7.42. The summed E-state index contributed by atoms with van der Waals surface area (Å²) in [7, 11) is -2.49. The predicted octanol–water partition coefficient (Wildman–Crippen LogP) is 1.78. The number of allylic oxidation sites excluding steroid dienone is 1. The fraction of sp³-hybridized carbons (Fsp3) is 0.308. The Morgan fingerprint density at radius 1 is 1.55 bits per heavy atom. The van der Waals surface area contributed by atoms with Crippen molar-refractivity contribution in [3.63, 3.8) is 0 Å². The van der Waals surface area contributed by atoms with E-state index >= 15 is 0 Å². The summed E-state index contributed by atoms with van der Waals surface area (Å²) >= 11 is 0. The topological polar surface area (TPSA) is 79.2 Å². The third-order valence-corrected chi connectivity index (χ3v) is 4.22. The zero-order valence-corrected chi connectivity index (χ0v) is 11.6. The normalized spacial score (nSPS) is 15.8. The van der Waals surface area contributed by atoms with Crippen LogP contribution in [-0.4, -0.2) is 21.6 Å². The first-order chi connectivity index (χ1) is 9.46. The molecule has 7 heteroatoms. The fourth-order valence-electron chi connectivity index (χ4n) is 1.55. The Bertz CT molecular complexity index is 688. The quantitative estimate of drug-likeness (QED) is 0.840. The molecule has 1 aliphatic carbocycles. The second-order valence-electron chi connectivity index (χ2n) is 4.40. The molecule has 0 atom stereocenters. The first kappa shape index (κ1) is 14.5. The number of sulfonamides is 1. The van der Waals surface area contributed by atoms with E-state index in [2.05, 4.69) is 4.72 Å². The molecule has 1 N–H and O–H groups in total. The lowest BCUT2D eigenvalue weighted by molar-refractivity contribution is 0.413. The van der Waals surface area contributed by atoms with E-state index in [4.69, 9.17) is 10.00 Å². The monoisotopic (exact) mass is 296 g/mol.